The van der Waals surface area contributed by atoms with Crippen LogP contribution in [0.2, 0.25) is 0 Å². The van der Waals surface area contributed by atoms with Crippen LogP contribution in [0.15, 0.2) is 24.4 Å². The van der Waals surface area contributed by atoms with Gasteiger partial charge in [-0.15, -0.1) is 0 Å². The maximum atomic E-state index is 5.28. The lowest BCUT2D eigenvalue weighted by molar-refractivity contribution is 0.415. The van der Waals surface area contributed by atoms with Crippen molar-refractivity contribution in [3.63, 3.8) is 0 Å². The first-order valence-corrected chi connectivity index (χ1v) is 5.97. The number of methoxy groups -OCH3 is 1. The van der Waals surface area contributed by atoms with Crippen molar-refractivity contribution in [2.75, 3.05) is 26.7 Å². The molecule has 0 saturated carbocycles. The fourth-order valence-electron chi connectivity index (χ4n) is 2.41. The zero-order valence-corrected chi connectivity index (χ0v) is 9.92. The second-order valence-electron chi connectivity index (χ2n) is 4.37. The van der Waals surface area contributed by atoms with Crippen molar-refractivity contribution in [2.24, 2.45) is 0 Å². The minimum Gasteiger partial charge on any atom is -0.497 e. The van der Waals surface area contributed by atoms with Gasteiger partial charge in [0.05, 0.1) is 7.11 Å². The van der Waals surface area contributed by atoms with Crippen LogP contribution in [0.3, 0.4) is 0 Å². The summed E-state index contributed by atoms with van der Waals surface area (Å²) in [6.45, 7) is 3.04. The van der Waals surface area contributed by atoms with E-state index < -0.39 is 0 Å². The lowest BCUT2D eigenvalue weighted by atomic mass is 10.0. The third-order valence-corrected chi connectivity index (χ3v) is 3.34. The van der Waals surface area contributed by atoms with Crippen LogP contribution in [0.4, 0.5) is 0 Å². The van der Waals surface area contributed by atoms with Crippen LogP contribution >= 0.6 is 0 Å². The SMILES string of the molecule is COc1ccc2[nH]cc([C@H]3CNCCN3)c2c1. The van der Waals surface area contributed by atoms with Crippen molar-refractivity contribution in [3.05, 3.63) is 30.0 Å². The van der Waals surface area contributed by atoms with Gasteiger partial charge in [-0.2, -0.15) is 0 Å². The molecule has 2 aromatic rings. The molecule has 1 aliphatic rings. The van der Waals surface area contributed by atoms with E-state index in [1.54, 1.807) is 7.11 Å². The molecule has 0 bridgehead atoms. The zero-order valence-electron chi connectivity index (χ0n) is 9.92. The van der Waals surface area contributed by atoms with Crippen molar-refractivity contribution in [3.8, 4) is 5.75 Å². The standard InChI is InChI=1S/C13H17N3O/c1-17-9-2-3-12-10(6-9)11(7-16-12)13-8-14-4-5-15-13/h2-3,6-7,13-16H,4-5,8H2,1H3/t13-/m1/s1. The highest BCUT2D eigenvalue weighted by atomic mass is 16.5. The van der Waals surface area contributed by atoms with Crippen LogP contribution in [-0.2, 0) is 0 Å². The van der Waals surface area contributed by atoms with Gasteiger partial charge in [0.2, 0.25) is 0 Å². The van der Waals surface area contributed by atoms with E-state index in [4.69, 9.17) is 4.74 Å². The molecule has 17 heavy (non-hydrogen) atoms. The molecule has 0 aliphatic carbocycles. The minimum absolute atomic E-state index is 0.379. The summed E-state index contributed by atoms with van der Waals surface area (Å²) in [6.07, 6.45) is 2.09. The molecule has 1 aliphatic heterocycles. The van der Waals surface area contributed by atoms with Gasteiger partial charge in [0.15, 0.2) is 0 Å². The summed E-state index contributed by atoms with van der Waals surface area (Å²) in [4.78, 5) is 3.31. The summed E-state index contributed by atoms with van der Waals surface area (Å²) in [5.74, 6) is 0.905. The lowest BCUT2D eigenvalue weighted by Gasteiger charge is -2.24. The number of aromatic amines is 1. The number of rotatable bonds is 2. The molecule has 3 N–H and O–H groups in total. The van der Waals surface area contributed by atoms with Crippen LogP contribution in [0.1, 0.15) is 11.6 Å². The molecule has 4 nitrogen and oxygen atoms in total. The van der Waals surface area contributed by atoms with Gasteiger partial charge in [-0.05, 0) is 23.8 Å². The summed E-state index contributed by atoms with van der Waals surface area (Å²) in [5.41, 5.74) is 2.47. The van der Waals surface area contributed by atoms with Gasteiger partial charge in [0.25, 0.3) is 0 Å². The fraction of sp³-hybridized carbons (Fsp3) is 0.385. The van der Waals surface area contributed by atoms with E-state index >= 15 is 0 Å². The van der Waals surface area contributed by atoms with Crippen LogP contribution in [0, 0.1) is 0 Å². The van der Waals surface area contributed by atoms with Crippen LogP contribution in [-0.4, -0.2) is 31.7 Å². The van der Waals surface area contributed by atoms with Gasteiger partial charge < -0.3 is 20.4 Å². The molecule has 1 atom stereocenters. The van der Waals surface area contributed by atoms with E-state index in [2.05, 4.69) is 33.9 Å². The number of H-pyrrole nitrogens is 1. The van der Waals surface area contributed by atoms with Gasteiger partial charge in [-0.25, -0.2) is 0 Å². The molecule has 0 spiro atoms. The first kappa shape index (κ1) is 10.6. The van der Waals surface area contributed by atoms with E-state index in [-0.39, 0.29) is 0 Å². The van der Waals surface area contributed by atoms with Gasteiger partial charge >= 0.3 is 0 Å². The van der Waals surface area contributed by atoms with Crippen molar-refractivity contribution in [1.29, 1.82) is 0 Å². The largest absolute Gasteiger partial charge is 0.497 e. The Bertz CT molecular complexity index is 514. The monoisotopic (exact) mass is 231 g/mol. The Balaban J connectivity index is 2.02. The molecule has 3 rings (SSSR count). The summed E-state index contributed by atoms with van der Waals surface area (Å²) < 4.78 is 5.28. The molecule has 0 radical (unpaired) electrons. The number of ether oxygens (including phenoxy) is 1. The van der Waals surface area contributed by atoms with Gasteiger partial charge in [-0.3, -0.25) is 0 Å². The molecule has 1 aromatic heterocycles. The fourth-order valence-corrected chi connectivity index (χ4v) is 2.41. The van der Waals surface area contributed by atoms with Crippen molar-refractivity contribution < 1.29 is 4.74 Å². The summed E-state index contributed by atoms with van der Waals surface area (Å²) in [6, 6.07) is 6.52. The average Bonchev–Trinajstić information content (AvgIpc) is 2.82. The maximum absolute atomic E-state index is 5.28. The molecule has 2 heterocycles. The Labute approximate surface area is 100 Å². The van der Waals surface area contributed by atoms with E-state index in [0.29, 0.717) is 6.04 Å². The Morgan fingerprint density at radius 2 is 2.24 bits per heavy atom. The lowest BCUT2D eigenvalue weighted by Crippen LogP contribution is -2.42. The second kappa shape index (κ2) is 4.39. The van der Waals surface area contributed by atoms with Crippen LogP contribution in [0.25, 0.3) is 10.9 Å². The first-order chi connectivity index (χ1) is 8.38. The Kier molecular flexibility index (Phi) is 2.74. The number of piperazine rings is 1. The molecule has 1 fully saturated rings. The van der Waals surface area contributed by atoms with Gasteiger partial charge in [0, 0.05) is 42.8 Å². The molecular formula is C13H17N3O. The van der Waals surface area contributed by atoms with Crippen molar-refractivity contribution in [1.82, 2.24) is 15.6 Å². The molecule has 90 valence electrons. The molecular weight excluding hydrogens is 214 g/mol. The highest BCUT2D eigenvalue weighted by molar-refractivity contribution is 5.85. The number of nitrogens with one attached hydrogen (secondary N) is 3. The Morgan fingerprint density at radius 3 is 3.00 bits per heavy atom. The highest BCUT2D eigenvalue weighted by Gasteiger charge is 2.17. The summed E-state index contributed by atoms with van der Waals surface area (Å²) in [7, 11) is 1.70. The van der Waals surface area contributed by atoms with Crippen molar-refractivity contribution in [2.45, 2.75) is 6.04 Å². The Hall–Kier alpha value is -1.52. The van der Waals surface area contributed by atoms with E-state index in [1.165, 1.54) is 10.9 Å². The molecule has 4 heteroatoms. The summed E-state index contributed by atoms with van der Waals surface area (Å²) in [5, 5.41) is 8.18. The van der Waals surface area contributed by atoms with Gasteiger partial charge in [-0.1, -0.05) is 0 Å². The quantitative estimate of drug-likeness (QED) is 0.732. The Morgan fingerprint density at radius 1 is 1.29 bits per heavy atom. The smallest absolute Gasteiger partial charge is 0.119 e. The maximum Gasteiger partial charge on any atom is 0.119 e. The number of fused-ring (bicyclic) bond motifs is 1. The number of hydrogen-bond acceptors (Lipinski definition) is 3. The molecule has 1 aromatic carbocycles. The average molecular weight is 231 g/mol. The minimum atomic E-state index is 0.379. The molecule has 0 unspecified atom stereocenters. The molecule has 0 amide bonds. The second-order valence-corrected chi connectivity index (χ2v) is 4.37. The first-order valence-electron chi connectivity index (χ1n) is 5.97. The van der Waals surface area contributed by atoms with Gasteiger partial charge in [0.1, 0.15) is 5.75 Å². The highest BCUT2D eigenvalue weighted by Crippen LogP contribution is 2.27. The number of aromatic nitrogens is 1. The zero-order chi connectivity index (χ0) is 11.7. The third kappa shape index (κ3) is 1.90. The normalized spacial score (nSPS) is 20.6. The third-order valence-electron chi connectivity index (χ3n) is 3.34. The number of benzene rings is 1. The van der Waals surface area contributed by atoms with Crippen LogP contribution in [0.5, 0.6) is 5.75 Å². The molecule has 1 saturated heterocycles. The van der Waals surface area contributed by atoms with E-state index in [9.17, 15) is 0 Å². The number of hydrogen-bond donors (Lipinski definition) is 3. The predicted octanol–water partition coefficient (Wildman–Crippen LogP) is 1.41. The predicted molar refractivity (Wildman–Crippen MR) is 68.5 cm³/mol. The van der Waals surface area contributed by atoms with Crippen molar-refractivity contribution >= 4 is 10.9 Å². The summed E-state index contributed by atoms with van der Waals surface area (Å²) >= 11 is 0. The van der Waals surface area contributed by atoms with Crippen LogP contribution < -0.4 is 15.4 Å². The van der Waals surface area contributed by atoms with E-state index in [0.717, 1.165) is 30.9 Å². The topological polar surface area (TPSA) is 49.1 Å². The van der Waals surface area contributed by atoms with E-state index in [1.807, 2.05) is 6.07 Å².